The van der Waals surface area contributed by atoms with E-state index >= 15 is 0 Å². The lowest BCUT2D eigenvalue weighted by Crippen LogP contribution is -2.51. The predicted octanol–water partition coefficient (Wildman–Crippen LogP) is 1.72. The fraction of sp³-hybridized carbons (Fsp3) is 0.333. The molecule has 0 saturated heterocycles. The van der Waals surface area contributed by atoms with Crippen LogP contribution in [0.15, 0.2) is 36.7 Å². The second kappa shape index (κ2) is 7.29. The molecule has 0 radical (unpaired) electrons. The molecule has 1 N–H and O–H groups in total. The van der Waals surface area contributed by atoms with Gasteiger partial charge in [0.05, 0.1) is 24.1 Å². The van der Waals surface area contributed by atoms with Gasteiger partial charge in [-0.3, -0.25) is 19.5 Å². The van der Waals surface area contributed by atoms with Gasteiger partial charge in [-0.2, -0.15) is 0 Å². The van der Waals surface area contributed by atoms with Crippen LogP contribution in [0.25, 0.3) is 0 Å². The molecule has 0 fully saturated rings. The Balaban J connectivity index is 1.89. The number of nitrogens with zero attached hydrogens (tertiary/aromatic N) is 3. The summed E-state index contributed by atoms with van der Waals surface area (Å²) in [7, 11) is 0. The molecule has 130 valence electrons. The van der Waals surface area contributed by atoms with E-state index in [1.165, 1.54) is 11.1 Å². The largest absolute Gasteiger partial charge is 0.477 e. The van der Waals surface area contributed by atoms with E-state index in [0.717, 1.165) is 12.1 Å². The van der Waals surface area contributed by atoms with Gasteiger partial charge in [0.15, 0.2) is 6.10 Å². The lowest BCUT2D eigenvalue weighted by atomic mass is 10.1. The molecule has 2 aromatic rings. The van der Waals surface area contributed by atoms with Crippen molar-refractivity contribution in [1.82, 2.24) is 15.3 Å². The Morgan fingerprint density at radius 1 is 1.28 bits per heavy atom. The summed E-state index contributed by atoms with van der Waals surface area (Å²) in [5.41, 5.74) is 1.58. The lowest BCUT2D eigenvalue weighted by molar-refractivity contribution is -0.127. The Hall–Kier alpha value is -2.96. The smallest absolute Gasteiger partial charge is 0.278 e. The molecule has 0 saturated carbocycles. The summed E-state index contributed by atoms with van der Waals surface area (Å²) in [5, 5.41) is 2.81. The minimum absolute atomic E-state index is 0.126. The Morgan fingerprint density at radius 2 is 2.08 bits per heavy atom. The molecule has 1 aromatic heterocycles. The lowest BCUT2D eigenvalue weighted by Gasteiger charge is -2.33. The summed E-state index contributed by atoms with van der Waals surface area (Å²) in [6.45, 7) is 4.47. The van der Waals surface area contributed by atoms with Crippen LogP contribution in [0.3, 0.4) is 0 Å². The molecule has 0 bridgehead atoms. The zero-order chi connectivity index (χ0) is 17.8. The maximum Gasteiger partial charge on any atom is 0.278 e. The Labute approximate surface area is 146 Å². The molecule has 7 nitrogen and oxygen atoms in total. The van der Waals surface area contributed by atoms with E-state index in [2.05, 4.69) is 15.3 Å². The molecule has 1 aromatic carbocycles. The first-order valence-electron chi connectivity index (χ1n) is 8.24. The maximum absolute atomic E-state index is 12.9. The predicted molar refractivity (Wildman–Crippen MR) is 92.6 cm³/mol. The van der Waals surface area contributed by atoms with Crippen LogP contribution in [0.4, 0.5) is 5.69 Å². The van der Waals surface area contributed by atoms with Crippen LogP contribution in [0.5, 0.6) is 5.75 Å². The first kappa shape index (κ1) is 16.9. The molecule has 0 aliphatic carbocycles. The van der Waals surface area contributed by atoms with E-state index in [4.69, 9.17) is 4.74 Å². The molecule has 2 amide bonds. The van der Waals surface area contributed by atoms with E-state index in [-0.39, 0.29) is 24.1 Å². The number of rotatable bonds is 4. The van der Waals surface area contributed by atoms with Crippen molar-refractivity contribution in [1.29, 1.82) is 0 Å². The van der Waals surface area contributed by atoms with Gasteiger partial charge < -0.3 is 10.1 Å². The zero-order valence-electron chi connectivity index (χ0n) is 14.2. The van der Waals surface area contributed by atoms with Gasteiger partial charge in [0, 0.05) is 12.7 Å². The summed E-state index contributed by atoms with van der Waals surface area (Å²) in [6, 6.07) is 7.16. The van der Waals surface area contributed by atoms with Crippen LogP contribution < -0.4 is 15.0 Å². The fourth-order valence-electron chi connectivity index (χ4n) is 2.57. The first-order valence-corrected chi connectivity index (χ1v) is 8.24. The van der Waals surface area contributed by atoms with Crippen molar-refractivity contribution in [2.75, 3.05) is 18.0 Å². The topological polar surface area (TPSA) is 84.4 Å². The highest BCUT2D eigenvalue weighted by atomic mass is 16.5. The van der Waals surface area contributed by atoms with Gasteiger partial charge in [0.2, 0.25) is 0 Å². The van der Waals surface area contributed by atoms with Crippen LogP contribution in [0.1, 0.15) is 29.5 Å². The number of carbonyl (C=O) groups is 2. The standard InChI is InChI=1S/C18H20N4O3/c1-3-8-19-17(23)16-11-22(14-6-4-5-7-15(14)25-16)18(24)13-10-20-12(2)9-21-13/h4-7,9-10,16H,3,8,11H2,1-2H3,(H,19,23). The molecule has 7 heteroatoms. The SMILES string of the molecule is CCCNC(=O)C1CN(C(=O)c2cnc(C)cn2)c2ccccc2O1. The highest BCUT2D eigenvalue weighted by Gasteiger charge is 2.34. The summed E-state index contributed by atoms with van der Waals surface area (Å²) in [5.74, 6) is -0.0421. The minimum atomic E-state index is -0.760. The minimum Gasteiger partial charge on any atom is -0.477 e. The number of aromatic nitrogens is 2. The Bertz CT molecular complexity index is 776. The molecule has 1 aliphatic heterocycles. The molecule has 0 spiro atoms. The van der Waals surface area contributed by atoms with Crippen molar-refractivity contribution >= 4 is 17.5 Å². The van der Waals surface area contributed by atoms with Gasteiger partial charge in [0.1, 0.15) is 11.4 Å². The van der Waals surface area contributed by atoms with Crippen LogP contribution >= 0.6 is 0 Å². The number of para-hydroxylation sites is 2. The van der Waals surface area contributed by atoms with E-state index < -0.39 is 6.10 Å². The third kappa shape index (κ3) is 3.60. The molecule has 2 heterocycles. The number of anilines is 1. The highest BCUT2D eigenvalue weighted by molar-refractivity contribution is 6.06. The van der Waals surface area contributed by atoms with Gasteiger partial charge in [-0.1, -0.05) is 19.1 Å². The molecular weight excluding hydrogens is 320 g/mol. The molecule has 1 aliphatic rings. The number of nitrogens with one attached hydrogen (secondary N) is 1. The number of hydrogen-bond acceptors (Lipinski definition) is 5. The molecule has 1 unspecified atom stereocenters. The van der Waals surface area contributed by atoms with Gasteiger partial charge in [-0.05, 0) is 25.5 Å². The average molecular weight is 340 g/mol. The molecule has 1 atom stereocenters. The Kier molecular flexibility index (Phi) is 4.92. The summed E-state index contributed by atoms with van der Waals surface area (Å²) in [6.07, 6.45) is 3.06. The second-order valence-corrected chi connectivity index (χ2v) is 5.82. The molecular formula is C18H20N4O3. The summed E-state index contributed by atoms with van der Waals surface area (Å²) in [4.78, 5) is 35.0. The number of benzene rings is 1. The monoisotopic (exact) mass is 340 g/mol. The maximum atomic E-state index is 12.9. The van der Waals surface area contributed by atoms with Crippen molar-refractivity contribution in [2.24, 2.45) is 0 Å². The average Bonchev–Trinajstić information content (AvgIpc) is 2.65. The van der Waals surface area contributed by atoms with E-state index in [9.17, 15) is 9.59 Å². The number of aryl methyl sites for hydroxylation is 1. The number of fused-ring (bicyclic) bond motifs is 1. The summed E-state index contributed by atoms with van der Waals surface area (Å²) < 4.78 is 5.78. The zero-order valence-corrected chi connectivity index (χ0v) is 14.2. The van der Waals surface area contributed by atoms with Gasteiger partial charge in [0.25, 0.3) is 11.8 Å². The van der Waals surface area contributed by atoms with Gasteiger partial charge >= 0.3 is 0 Å². The van der Waals surface area contributed by atoms with Crippen molar-refractivity contribution in [2.45, 2.75) is 26.4 Å². The van der Waals surface area contributed by atoms with Gasteiger partial charge in [-0.25, -0.2) is 4.98 Å². The van der Waals surface area contributed by atoms with Crippen molar-refractivity contribution in [3.8, 4) is 5.75 Å². The van der Waals surface area contributed by atoms with Crippen molar-refractivity contribution in [3.63, 3.8) is 0 Å². The number of amides is 2. The van der Waals surface area contributed by atoms with Crippen molar-refractivity contribution < 1.29 is 14.3 Å². The van der Waals surface area contributed by atoms with E-state index in [1.54, 1.807) is 31.3 Å². The third-order valence-electron chi connectivity index (χ3n) is 3.86. The van der Waals surface area contributed by atoms with Crippen LogP contribution in [0, 0.1) is 6.92 Å². The normalized spacial score (nSPS) is 15.9. The van der Waals surface area contributed by atoms with E-state index in [0.29, 0.717) is 18.0 Å². The van der Waals surface area contributed by atoms with Crippen LogP contribution in [0.2, 0.25) is 0 Å². The third-order valence-corrected chi connectivity index (χ3v) is 3.86. The van der Waals surface area contributed by atoms with Crippen LogP contribution in [-0.4, -0.2) is 41.0 Å². The first-order chi connectivity index (χ1) is 12.1. The summed E-state index contributed by atoms with van der Waals surface area (Å²) >= 11 is 0. The van der Waals surface area contributed by atoms with Crippen molar-refractivity contribution in [3.05, 3.63) is 48.0 Å². The number of hydrogen-bond donors (Lipinski definition) is 1. The highest BCUT2D eigenvalue weighted by Crippen LogP contribution is 2.33. The molecule has 3 rings (SSSR count). The number of carbonyl (C=O) groups excluding carboxylic acids is 2. The second-order valence-electron chi connectivity index (χ2n) is 5.82. The molecule has 25 heavy (non-hydrogen) atoms. The van der Waals surface area contributed by atoms with Crippen LogP contribution in [-0.2, 0) is 4.79 Å². The Morgan fingerprint density at radius 3 is 2.80 bits per heavy atom. The van der Waals surface area contributed by atoms with Gasteiger partial charge in [-0.15, -0.1) is 0 Å². The number of ether oxygens (including phenoxy) is 1. The van der Waals surface area contributed by atoms with E-state index in [1.807, 2.05) is 13.0 Å². The quantitative estimate of drug-likeness (QED) is 0.916. The fourth-order valence-corrected chi connectivity index (χ4v) is 2.57.